The molecule has 5 nitrogen and oxygen atoms in total. The van der Waals surface area contributed by atoms with Gasteiger partial charge in [-0.2, -0.15) is 0 Å². The van der Waals surface area contributed by atoms with Gasteiger partial charge in [-0.3, -0.25) is 9.69 Å². The molecule has 1 heterocycles. The number of likely N-dealkylation sites (tertiary alicyclic amines) is 1. The fraction of sp³-hybridized carbons (Fsp3) is 0.632. The van der Waals surface area contributed by atoms with Gasteiger partial charge >= 0.3 is 0 Å². The quantitative estimate of drug-likeness (QED) is 0.746. The second-order valence-electron chi connectivity index (χ2n) is 6.96. The van der Waals surface area contributed by atoms with Crippen LogP contribution >= 0.6 is 0 Å². The second kappa shape index (κ2) is 9.27. The zero-order valence-corrected chi connectivity index (χ0v) is 15.1. The Hall–Kier alpha value is -1.50. The van der Waals surface area contributed by atoms with Crippen LogP contribution < -0.4 is 5.32 Å². The molecular formula is C19H29FN2O3. The Bertz CT molecular complexity index is 552. The number of aliphatic hydroxyl groups is 1. The summed E-state index contributed by atoms with van der Waals surface area (Å²) in [7, 11) is 1.64. The summed E-state index contributed by atoms with van der Waals surface area (Å²) in [6.07, 6.45) is 1.96. The SMILES string of the molecule is COCC[C@]1(O)CCN(CC(=O)NCCc2ccc(F)cc2)C[C@H]1C. The summed E-state index contributed by atoms with van der Waals surface area (Å²) >= 11 is 0. The third-order valence-electron chi connectivity index (χ3n) is 5.07. The number of ether oxygens (including phenoxy) is 1. The number of amides is 1. The number of methoxy groups -OCH3 is 1. The minimum absolute atomic E-state index is 0.0170. The highest BCUT2D eigenvalue weighted by Crippen LogP contribution is 2.30. The van der Waals surface area contributed by atoms with Crippen molar-refractivity contribution >= 4 is 5.91 Å². The maximum absolute atomic E-state index is 12.9. The van der Waals surface area contributed by atoms with Gasteiger partial charge in [0.1, 0.15) is 5.82 Å². The highest BCUT2D eigenvalue weighted by molar-refractivity contribution is 5.78. The van der Waals surface area contributed by atoms with Crippen molar-refractivity contribution in [3.05, 3.63) is 35.6 Å². The van der Waals surface area contributed by atoms with Crippen LogP contribution in [0.5, 0.6) is 0 Å². The predicted octanol–water partition coefficient (Wildman–Crippen LogP) is 1.59. The van der Waals surface area contributed by atoms with Crippen LogP contribution in [0.3, 0.4) is 0 Å². The van der Waals surface area contributed by atoms with Gasteiger partial charge in [0.2, 0.25) is 5.91 Å². The van der Waals surface area contributed by atoms with Crippen molar-refractivity contribution in [1.29, 1.82) is 0 Å². The maximum atomic E-state index is 12.9. The van der Waals surface area contributed by atoms with Gasteiger partial charge in [-0.25, -0.2) is 4.39 Å². The molecule has 1 aromatic carbocycles. The van der Waals surface area contributed by atoms with Crippen LogP contribution in [-0.4, -0.2) is 61.4 Å². The second-order valence-corrected chi connectivity index (χ2v) is 6.96. The Morgan fingerprint density at radius 2 is 2.16 bits per heavy atom. The summed E-state index contributed by atoms with van der Waals surface area (Å²) < 4.78 is 17.9. The van der Waals surface area contributed by atoms with Gasteiger partial charge in [0.25, 0.3) is 0 Å². The van der Waals surface area contributed by atoms with Crippen molar-refractivity contribution in [3.8, 4) is 0 Å². The van der Waals surface area contributed by atoms with Crippen molar-refractivity contribution in [2.24, 2.45) is 5.92 Å². The van der Waals surface area contributed by atoms with E-state index in [4.69, 9.17) is 4.74 Å². The average Bonchev–Trinajstić information content (AvgIpc) is 2.58. The number of carbonyl (C=O) groups excluding carboxylic acids is 1. The third-order valence-corrected chi connectivity index (χ3v) is 5.07. The minimum atomic E-state index is -0.703. The largest absolute Gasteiger partial charge is 0.389 e. The number of carbonyl (C=O) groups is 1. The van der Waals surface area contributed by atoms with E-state index in [9.17, 15) is 14.3 Å². The summed E-state index contributed by atoms with van der Waals surface area (Å²) in [5, 5.41) is 13.6. The third kappa shape index (κ3) is 6.06. The summed E-state index contributed by atoms with van der Waals surface area (Å²) in [5.74, 6) is -0.169. The van der Waals surface area contributed by atoms with Crippen molar-refractivity contribution in [1.82, 2.24) is 10.2 Å². The molecule has 0 bridgehead atoms. The molecule has 2 atom stereocenters. The zero-order chi connectivity index (χ0) is 18.3. The highest BCUT2D eigenvalue weighted by Gasteiger charge is 2.38. The van der Waals surface area contributed by atoms with Crippen LogP contribution in [0.1, 0.15) is 25.3 Å². The first kappa shape index (κ1) is 19.8. The molecule has 1 aliphatic rings. The van der Waals surface area contributed by atoms with Crippen LogP contribution in [0.2, 0.25) is 0 Å². The lowest BCUT2D eigenvalue weighted by molar-refractivity contribution is -0.125. The Morgan fingerprint density at radius 3 is 2.80 bits per heavy atom. The molecule has 1 aliphatic heterocycles. The molecule has 1 saturated heterocycles. The Labute approximate surface area is 149 Å². The number of nitrogens with zero attached hydrogens (tertiary/aromatic N) is 1. The molecule has 0 aliphatic carbocycles. The van der Waals surface area contributed by atoms with Gasteiger partial charge < -0.3 is 15.2 Å². The van der Waals surface area contributed by atoms with Crippen molar-refractivity contribution in [2.75, 3.05) is 39.9 Å². The number of piperidine rings is 1. The van der Waals surface area contributed by atoms with E-state index in [1.807, 2.05) is 6.92 Å². The molecule has 0 unspecified atom stereocenters. The minimum Gasteiger partial charge on any atom is -0.389 e. The predicted molar refractivity (Wildman–Crippen MR) is 94.8 cm³/mol. The van der Waals surface area contributed by atoms with Gasteiger partial charge in [-0.05, 0) is 42.9 Å². The maximum Gasteiger partial charge on any atom is 0.234 e. The number of benzene rings is 1. The Morgan fingerprint density at radius 1 is 1.44 bits per heavy atom. The van der Waals surface area contributed by atoms with E-state index in [-0.39, 0.29) is 17.6 Å². The van der Waals surface area contributed by atoms with Gasteiger partial charge in [0.15, 0.2) is 0 Å². The smallest absolute Gasteiger partial charge is 0.234 e. The van der Waals surface area contributed by atoms with Crippen LogP contribution in [0.15, 0.2) is 24.3 Å². The van der Waals surface area contributed by atoms with Crippen molar-refractivity contribution in [3.63, 3.8) is 0 Å². The van der Waals surface area contributed by atoms with Gasteiger partial charge in [-0.15, -0.1) is 0 Å². The van der Waals surface area contributed by atoms with Gasteiger partial charge in [-0.1, -0.05) is 19.1 Å². The molecule has 0 aromatic heterocycles. The van der Waals surface area contributed by atoms with Crippen molar-refractivity contribution in [2.45, 2.75) is 31.8 Å². The van der Waals surface area contributed by atoms with Crippen molar-refractivity contribution < 1.29 is 19.0 Å². The molecule has 0 radical (unpaired) electrons. The summed E-state index contributed by atoms with van der Waals surface area (Å²) in [6, 6.07) is 6.32. The highest BCUT2D eigenvalue weighted by atomic mass is 19.1. The Kier molecular flexibility index (Phi) is 7.35. The molecule has 1 amide bonds. The van der Waals surface area contributed by atoms with E-state index in [2.05, 4.69) is 10.2 Å². The van der Waals surface area contributed by atoms with E-state index >= 15 is 0 Å². The lowest BCUT2D eigenvalue weighted by Gasteiger charge is -2.43. The van der Waals surface area contributed by atoms with Crippen LogP contribution in [0.4, 0.5) is 4.39 Å². The molecule has 1 fully saturated rings. The summed E-state index contributed by atoms with van der Waals surface area (Å²) in [4.78, 5) is 14.2. The number of rotatable bonds is 8. The van der Waals surface area contributed by atoms with E-state index in [1.54, 1.807) is 19.2 Å². The van der Waals surface area contributed by atoms with Gasteiger partial charge in [0.05, 0.1) is 12.1 Å². The fourth-order valence-corrected chi connectivity index (χ4v) is 3.30. The molecule has 2 N–H and O–H groups in total. The first-order valence-corrected chi connectivity index (χ1v) is 8.88. The first-order valence-electron chi connectivity index (χ1n) is 8.88. The topological polar surface area (TPSA) is 61.8 Å². The van der Waals surface area contributed by atoms with Gasteiger partial charge in [0, 0.05) is 33.4 Å². The lowest BCUT2D eigenvalue weighted by Crippen LogP contribution is -2.53. The summed E-state index contributed by atoms with van der Waals surface area (Å²) in [6.45, 7) is 4.85. The van der Waals surface area contributed by atoms with Crippen LogP contribution in [0, 0.1) is 11.7 Å². The summed E-state index contributed by atoms with van der Waals surface area (Å²) in [5.41, 5.74) is 0.294. The molecule has 6 heteroatoms. The molecule has 25 heavy (non-hydrogen) atoms. The van der Waals surface area contributed by atoms with E-state index < -0.39 is 5.60 Å². The number of nitrogens with one attached hydrogen (secondary N) is 1. The number of hydrogen-bond donors (Lipinski definition) is 2. The number of hydrogen-bond acceptors (Lipinski definition) is 4. The standard InChI is InChI=1S/C19H29FN2O3/c1-15-13-22(11-8-19(15,24)9-12-25-2)14-18(23)21-10-7-16-3-5-17(20)6-4-16/h3-6,15,24H,7-14H2,1-2H3,(H,21,23)/t15-,19-/m1/s1. The van der Waals surface area contributed by atoms with E-state index in [1.165, 1.54) is 12.1 Å². The van der Waals surface area contributed by atoms with E-state index in [0.717, 1.165) is 5.56 Å². The van der Waals surface area contributed by atoms with Crippen LogP contribution in [-0.2, 0) is 16.0 Å². The fourth-order valence-electron chi connectivity index (χ4n) is 3.30. The molecule has 0 saturated carbocycles. The molecular weight excluding hydrogens is 323 g/mol. The average molecular weight is 352 g/mol. The molecule has 140 valence electrons. The van der Waals surface area contributed by atoms with Crippen LogP contribution in [0.25, 0.3) is 0 Å². The number of halogens is 1. The lowest BCUT2D eigenvalue weighted by atomic mass is 9.80. The Balaban J connectivity index is 1.70. The molecule has 2 rings (SSSR count). The van der Waals surface area contributed by atoms with E-state index in [0.29, 0.717) is 52.0 Å². The normalized spacial score (nSPS) is 24.2. The molecule has 1 aromatic rings. The zero-order valence-electron chi connectivity index (χ0n) is 15.1. The monoisotopic (exact) mass is 352 g/mol. The first-order chi connectivity index (χ1) is 11.9. The molecule has 0 spiro atoms.